The minimum Gasteiger partial charge on any atom is -0.375 e. The molecule has 0 aromatic rings. The SMILES string of the molecule is C#CCOCC(COCC=C)OCC1CC1. The first-order chi connectivity index (χ1) is 7.86. The Morgan fingerprint density at radius 1 is 1.38 bits per heavy atom. The van der Waals surface area contributed by atoms with Crippen molar-refractivity contribution in [2.75, 3.05) is 33.0 Å². The fourth-order valence-electron chi connectivity index (χ4n) is 1.23. The van der Waals surface area contributed by atoms with E-state index >= 15 is 0 Å². The number of hydrogen-bond donors (Lipinski definition) is 0. The van der Waals surface area contributed by atoms with Crippen molar-refractivity contribution in [1.82, 2.24) is 0 Å². The first kappa shape index (κ1) is 13.2. The van der Waals surface area contributed by atoms with Gasteiger partial charge >= 0.3 is 0 Å². The van der Waals surface area contributed by atoms with Crippen molar-refractivity contribution in [1.29, 1.82) is 0 Å². The second-order valence-electron chi connectivity index (χ2n) is 3.94. The van der Waals surface area contributed by atoms with Crippen LogP contribution in [-0.2, 0) is 14.2 Å². The van der Waals surface area contributed by atoms with Crippen LogP contribution in [0.3, 0.4) is 0 Å². The predicted molar refractivity (Wildman–Crippen MR) is 63.1 cm³/mol. The van der Waals surface area contributed by atoms with Gasteiger partial charge in [-0.1, -0.05) is 12.0 Å². The van der Waals surface area contributed by atoms with Gasteiger partial charge in [-0.15, -0.1) is 13.0 Å². The van der Waals surface area contributed by atoms with Gasteiger partial charge in [-0.3, -0.25) is 0 Å². The summed E-state index contributed by atoms with van der Waals surface area (Å²) in [6.45, 7) is 6.29. The fourth-order valence-corrected chi connectivity index (χ4v) is 1.23. The van der Waals surface area contributed by atoms with Gasteiger partial charge in [0.25, 0.3) is 0 Å². The standard InChI is InChI=1S/C13H20O3/c1-3-7-14-10-13(11-15-8-4-2)16-9-12-5-6-12/h1,4,12-13H,2,5-11H2. The maximum atomic E-state index is 5.71. The molecule has 3 nitrogen and oxygen atoms in total. The minimum absolute atomic E-state index is 0.0195. The Morgan fingerprint density at radius 2 is 2.12 bits per heavy atom. The molecule has 1 aliphatic carbocycles. The molecule has 0 aromatic heterocycles. The van der Waals surface area contributed by atoms with Crippen molar-refractivity contribution in [3.8, 4) is 12.3 Å². The van der Waals surface area contributed by atoms with E-state index in [-0.39, 0.29) is 6.10 Å². The average molecular weight is 224 g/mol. The Bertz CT molecular complexity index is 228. The molecule has 90 valence electrons. The average Bonchev–Trinajstić information content (AvgIpc) is 3.09. The lowest BCUT2D eigenvalue weighted by Gasteiger charge is -2.17. The summed E-state index contributed by atoms with van der Waals surface area (Å²) in [6, 6.07) is 0. The molecule has 0 radical (unpaired) electrons. The van der Waals surface area contributed by atoms with Crippen LogP contribution in [0, 0.1) is 18.3 Å². The lowest BCUT2D eigenvalue weighted by atomic mass is 10.4. The Balaban J connectivity index is 2.11. The van der Waals surface area contributed by atoms with Crippen molar-refractivity contribution >= 4 is 0 Å². The highest BCUT2D eigenvalue weighted by Crippen LogP contribution is 2.29. The van der Waals surface area contributed by atoms with E-state index in [4.69, 9.17) is 20.6 Å². The van der Waals surface area contributed by atoms with E-state index < -0.39 is 0 Å². The van der Waals surface area contributed by atoms with E-state index in [0.29, 0.717) is 26.4 Å². The van der Waals surface area contributed by atoms with Crippen molar-refractivity contribution < 1.29 is 14.2 Å². The summed E-state index contributed by atoms with van der Waals surface area (Å²) in [7, 11) is 0. The maximum absolute atomic E-state index is 5.71. The lowest BCUT2D eigenvalue weighted by Crippen LogP contribution is -2.27. The molecule has 0 N–H and O–H groups in total. The van der Waals surface area contributed by atoms with E-state index in [1.54, 1.807) is 6.08 Å². The number of terminal acetylenes is 1. The summed E-state index contributed by atoms with van der Waals surface area (Å²) in [5.41, 5.74) is 0. The van der Waals surface area contributed by atoms with Crippen molar-refractivity contribution in [2.45, 2.75) is 18.9 Å². The molecular formula is C13H20O3. The first-order valence-corrected chi connectivity index (χ1v) is 5.68. The first-order valence-electron chi connectivity index (χ1n) is 5.68. The molecule has 0 saturated heterocycles. The largest absolute Gasteiger partial charge is 0.375 e. The van der Waals surface area contributed by atoms with Gasteiger partial charge < -0.3 is 14.2 Å². The van der Waals surface area contributed by atoms with E-state index in [1.807, 2.05) is 0 Å². The molecule has 1 aliphatic rings. The Morgan fingerprint density at radius 3 is 2.75 bits per heavy atom. The smallest absolute Gasteiger partial charge is 0.107 e. The third-order valence-electron chi connectivity index (χ3n) is 2.29. The zero-order valence-corrected chi connectivity index (χ0v) is 9.69. The van der Waals surface area contributed by atoms with Gasteiger partial charge in [-0.25, -0.2) is 0 Å². The summed E-state index contributed by atoms with van der Waals surface area (Å²) < 4.78 is 16.3. The summed E-state index contributed by atoms with van der Waals surface area (Å²) in [6.07, 6.45) is 9.38. The monoisotopic (exact) mass is 224 g/mol. The van der Waals surface area contributed by atoms with Crippen LogP contribution in [0.25, 0.3) is 0 Å². The van der Waals surface area contributed by atoms with E-state index in [2.05, 4.69) is 12.5 Å². The normalized spacial score (nSPS) is 16.7. The molecule has 0 spiro atoms. The van der Waals surface area contributed by atoms with Gasteiger partial charge in [0, 0.05) is 6.61 Å². The van der Waals surface area contributed by atoms with Gasteiger partial charge in [0.15, 0.2) is 0 Å². The number of ether oxygens (including phenoxy) is 3. The fraction of sp³-hybridized carbons (Fsp3) is 0.692. The third kappa shape index (κ3) is 6.62. The summed E-state index contributed by atoms with van der Waals surface area (Å²) in [5.74, 6) is 3.18. The van der Waals surface area contributed by atoms with Crippen molar-refractivity contribution in [2.24, 2.45) is 5.92 Å². The van der Waals surface area contributed by atoms with Gasteiger partial charge in [0.05, 0.1) is 19.8 Å². The molecule has 1 saturated carbocycles. The maximum Gasteiger partial charge on any atom is 0.107 e. The summed E-state index contributed by atoms with van der Waals surface area (Å²) >= 11 is 0. The van der Waals surface area contributed by atoms with Gasteiger partial charge in [0.1, 0.15) is 12.7 Å². The van der Waals surface area contributed by atoms with Crippen LogP contribution in [0.2, 0.25) is 0 Å². The zero-order chi connectivity index (χ0) is 11.6. The Hall–Kier alpha value is -0.820. The molecule has 3 heteroatoms. The molecule has 1 rings (SSSR count). The summed E-state index contributed by atoms with van der Waals surface area (Å²) in [4.78, 5) is 0. The molecule has 0 heterocycles. The van der Waals surface area contributed by atoms with Crippen LogP contribution in [-0.4, -0.2) is 39.1 Å². The van der Waals surface area contributed by atoms with Gasteiger partial charge in [-0.2, -0.15) is 0 Å². The van der Waals surface area contributed by atoms with Gasteiger partial charge in [-0.05, 0) is 18.8 Å². The van der Waals surface area contributed by atoms with Gasteiger partial charge in [0.2, 0.25) is 0 Å². The molecule has 1 atom stereocenters. The highest BCUT2D eigenvalue weighted by atomic mass is 16.6. The highest BCUT2D eigenvalue weighted by Gasteiger charge is 2.23. The molecule has 0 aromatic carbocycles. The van der Waals surface area contributed by atoms with Crippen LogP contribution in [0.1, 0.15) is 12.8 Å². The zero-order valence-electron chi connectivity index (χ0n) is 9.69. The second kappa shape index (κ2) is 8.35. The van der Waals surface area contributed by atoms with E-state index in [0.717, 1.165) is 12.5 Å². The Kier molecular flexibility index (Phi) is 6.91. The summed E-state index contributed by atoms with van der Waals surface area (Å²) in [5, 5.41) is 0. The minimum atomic E-state index is -0.0195. The predicted octanol–water partition coefficient (Wildman–Crippen LogP) is 1.63. The number of hydrogen-bond acceptors (Lipinski definition) is 3. The topological polar surface area (TPSA) is 27.7 Å². The molecule has 0 amide bonds. The molecule has 0 aliphatic heterocycles. The quantitative estimate of drug-likeness (QED) is 0.321. The van der Waals surface area contributed by atoms with Crippen LogP contribution in [0.5, 0.6) is 0 Å². The lowest BCUT2D eigenvalue weighted by molar-refractivity contribution is -0.0543. The molecule has 1 fully saturated rings. The van der Waals surface area contributed by atoms with Crippen LogP contribution >= 0.6 is 0 Å². The van der Waals surface area contributed by atoms with E-state index in [1.165, 1.54) is 12.8 Å². The molecule has 16 heavy (non-hydrogen) atoms. The second-order valence-corrected chi connectivity index (χ2v) is 3.94. The number of rotatable bonds is 10. The van der Waals surface area contributed by atoms with Crippen molar-refractivity contribution in [3.05, 3.63) is 12.7 Å². The highest BCUT2D eigenvalue weighted by molar-refractivity contribution is 4.83. The Labute approximate surface area is 97.8 Å². The van der Waals surface area contributed by atoms with Crippen molar-refractivity contribution in [3.63, 3.8) is 0 Å². The molecule has 1 unspecified atom stereocenters. The van der Waals surface area contributed by atoms with Crippen LogP contribution < -0.4 is 0 Å². The molecule has 0 bridgehead atoms. The van der Waals surface area contributed by atoms with E-state index in [9.17, 15) is 0 Å². The third-order valence-corrected chi connectivity index (χ3v) is 2.29. The van der Waals surface area contributed by atoms with Crippen LogP contribution in [0.4, 0.5) is 0 Å². The van der Waals surface area contributed by atoms with Crippen LogP contribution in [0.15, 0.2) is 12.7 Å². The molecular weight excluding hydrogens is 204 g/mol.